The molecule has 0 aliphatic rings. The molecule has 0 radical (unpaired) electrons. The number of amides is 2. The smallest absolute Gasteiger partial charge is 0.255 e. The number of anilines is 2. The van der Waals surface area contributed by atoms with Gasteiger partial charge in [-0.15, -0.1) is 0 Å². The first-order valence-corrected chi connectivity index (χ1v) is 8.71. The van der Waals surface area contributed by atoms with E-state index in [1.54, 1.807) is 19.2 Å². The van der Waals surface area contributed by atoms with E-state index >= 15 is 0 Å². The van der Waals surface area contributed by atoms with E-state index in [1.165, 1.54) is 5.56 Å². The molecule has 0 spiro atoms. The number of carbonyl (C=O) groups is 2. The summed E-state index contributed by atoms with van der Waals surface area (Å²) in [6.45, 7) is 6.50. The van der Waals surface area contributed by atoms with Crippen LogP contribution in [0.15, 0.2) is 42.5 Å². The first-order chi connectivity index (χ1) is 12.4. The minimum Gasteiger partial charge on any atom is -0.384 e. The van der Waals surface area contributed by atoms with Gasteiger partial charge in [0.15, 0.2) is 0 Å². The molecule has 0 aromatic heterocycles. The number of rotatable bonds is 7. The fourth-order valence-electron chi connectivity index (χ4n) is 2.46. The van der Waals surface area contributed by atoms with Crippen molar-refractivity contribution in [3.05, 3.63) is 59.2 Å². The Morgan fingerprint density at radius 1 is 1.04 bits per heavy atom. The minimum atomic E-state index is -0.213. The van der Waals surface area contributed by atoms with E-state index in [4.69, 9.17) is 4.74 Å². The van der Waals surface area contributed by atoms with Crippen LogP contribution >= 0.6 is 0 Å². The maximum atomic E-state index is 12.5. The zero-order valence-corrected chi connectivity index (χ0v) is 15.8. The molecule has 0 aliphatic heterocycles. The molecule has 0 saturated heterocycles. The van der Waals surface area contributed by atoms with Crippen LogP contribution in [0, 0.1) is 6.92 Å². The molecule has 2 amide bonds. The predicted octanol–water partition coefficient (Wildman–Crippen LogP) is 4.35. The highest BCUT2D eigenvalue weighted by atomic mass is 16.5. The van der Waals surface area contributed by atoms with Gasteiger partial charge in [0.1, 0.15) is 0 Å². The third-order valence-corrected chi connectivity index (χ3v) is 4.14. The molecule has 0 unspecified atom stereocenters. The van der Waals surface area contributed by atoms with Crippen molar-refractivity contribution in [2.75, 3.05) is 24.4 Å². The second-order valence-electron chi connectivity index (χ2n) is 6.55. The number of hydrogen-bond donors (Lipinski definition) is 2. The van der Waals surface area contributed by atoms with E-state index in [2.05, 4.69) is 24.5 Å². The molecule has 2 aromatic rings. The Hall–Kier alpha value is -2.66. The summed E-state index contributed by atoms with van der Waals surface area (Å²) in [5.74, 6) is 0.0904. The molecule has 0 heterocycles. The highest BCUT2D eigenvalue weighted by Crippen LogP contribution is 2.20. The summed E-state index contributed by atoms with van der Waals surface area (Å²) < 4.78 is 4.91. The molecule has 0 atom stereocenters. The lowest BCUT2D eigenvalue weighted by atomic mass is 10.0. The molecule has 2 aromatic carbocycles. The van der Waals surface area contributed by atoms with Gasteiger partial charge in [0.2, 0.25) is 5.91 Å². The molecule has 5 heteroatoms. The van der Waals surface area contributed by atoms with Crippen LogP contribution in [0.4, 0.5) is 11.4 Å². The summed E-state index contributed by atoms with van der Waals surface area (Å²) >= 11 is 0. The molecule has 0 fully saturated rings. The van der Waals surface area contributed by atoms with Crippen molar-refractivity contribution in [2.24, 2.45) is 0 Å². The number of benzene rings is 2. The molecule has 0 saturated carbocycles. The Morgan fingerprint density at radius 3 is 2.35 bits per heavy atom. The van der Waals surface area contributed by atoms with E-state index in [1.807, 2.05) is 37.3 Å². The molecule has 0 bridgehead atoms. The van der Waals surface area contributed by atoms with Gasteiger partial charge in [-0.25, -0.2) is 0 Å². The van der Waals surface area contributed by atoms with Crippen LogP contribution in [-0.4, -0.2) is 25.5 Å². The maximum absolute atomic E-state index is 12.5. The average molecular weight is 354 g/mol. The van der Waals surface area contributed by atoms with Crippen LogP contribution in [0.1, 0.15) is 47.7 Å². The third kappa shape index (κ3) is 5.43. The summed E-state index contributed by atoms with van der Waals surface area (Å²) in [7, 11) is 1.55. The quantitative estimate of drug-likeness (QED) is 0.777. The zero-order valence-electron chi connectivity index (χ0n) is 15.8. The third-order valence-electron chi connectivity index (χ3n) is 4.14. The molecule has 2 N–H and O–H groups in total. The highest BCUT2D eigenvalue weighted by Gasteiger charge is 2.11. The summed E-state index contributed by atoms with van der Waals surface area (Å²) in [5, 5.41) is 5.71. The lowest BCUT2D eigenvalue weighted by Gasteiger charge is -2.12. The van der Waals surface area contributed by atoms with Gasteiger partial charge in [-0.1, -0.05) is 32.0 Å². The molecular weight excluding hydrogens is 328 g/mol. The first kappa shape index (κ1) is 19.7. The van der Waals surface area contributed by atoms with Gasteiger partial charge in [-0.3, -0.25) is 9.59 Å². The van der Waals surface area contributed by atoms with Crippen LogP contribution in [0.5, 0.6) is 0 Å². The predicted molar refractivity (Wildman–Crippen MR) is 105 cm³/mol. The number of methoxy groups -OCH3 is 1. The molecule has 138 valence electrons. The minimum absolute atomic E-state index is 0.142. The fourth-order valence-corrected chi connectivity index (χ4v) is 2.46. The van der Waals surface area contributed by atoms with Crippen molar-refractivity contribution in [1.82, 2.24) is 0 Å². The van der Waals surface area contributed by atoms with Crippen molar-refractivity contribution in [3.8, 4) is 0 Å². The van der Waals surface area contributed by atoms with Gasteiger partial charge < -0.3 is 15.4 Å². The largest absolute Gasteiger partial charge is 0.384 e. The van der Waals surface area contributed by atoms with Crippen LogP contribution in [0.2, 0.25) is 0 Å². The van der Waals surface area contributed by atoms with Gasteiger partial charge in [-0.05, 0) is 48.2 Å². The van der Waals surface area contributed by atoms with E-state index in [0.29, 0.717) is 23.8 Å². The number of carbonyl (C=O) groups excluding carboxylic acids is 2. The van der Waals surface area contributed by atoms with E-state index in [-0.39, 0.29) is 18.2 Å². The number of nitrogens with one attached hydrogen (secondary N) is 2. The van der Waals surface area contributed by atoms with Crippen molar-refractivity contribution in [1.29, 1.82) is 0 Å². The summed E-state index contributed by atoms with van der Waals surface area (Å²) in [6.07, 6.45) is 0.272. The second-order valence-corrected chi connectivity index (χ2v) is 6.55. The summed E-state index contributed by atoms with van der Waals surface area (Å²) in [6, 6.07) is 13.1. The van der Waals surface area contributed by atoms with Crippen molar-refractivity contribution in [3.63, 3.8) is 0 Å². The topological polar surface area (TPSA) is 67.4 Å². The Labute approximate surface area is 154 Å². The summed E-state index contributed by atoms with van der Waals surface area (Å²) in [5.41, 5.74) is 3.98. The average Bonchev–Trinajstić information content (AvgIpc) is 2.62. The van der Waals surface area contributed by atoms with Gasteiger partial charge in [0.25, 0.3) is 5.91 Å². The lowest BCUT2D eigenvalue weighted by molar-refractivity contribution is -0.117. The Bertz CT molecular complexity index is 767. The van der Waals surface area contributed by atoms with Crippen LogP contribution < -0.4 is 10.6 Å². The molecule has 0 aliphatic carbocycles. The van der Waals surface area contributed by atoms with E-state index < -0.39 is 0 Å². The second kappa shape index (κ2) is 9.15. The van der Waals surface area contributed by atoms with E-state index in [0.717, 1.165) is 11.3 Å². The SMILES string of the molecule is COCCC(=O)Nc1cc(C(=O)Nc2ccc(C(C)C)cc2)ccc1C. The van der Waals surface area contributed by atoms with Gasteiger partial charge in [-0.2, -0.15) is 0 Å². The molecule has 26 heavy (non-hydrogen) atoms. The summed E-state index contributed by atoms with van der Waals surface area (Å²) in [4.78, 5) is 24.4. The maximum Gasteiger partial charge on any atom is 0.255 e. The van der Waals surface area contributed by atoms with Gasteiger partial charge in [0, 0.05) is 24.0 Å². The molecule has 5 nitrogen and oxygen atoms in total. The standard InChI is InChI=1S/C21H26N2O3/c1-14(2)16-7-9-18(10-8-16)22-21(25)17-6-5-15(3)19(13-17)23-20(24)11-12-26-4/h5-10,13-14H,11-12H2,1-4H3,(H,22,25)(H,23,24). The van der Waals surface area contributed by atoms with Crippen molar-refractivity contribution >= 4 is 23.2 Å². The number of aryl methyl sites for hydroxylation is 1. The Morgan fingerprint density at radius 2 is 1.73 bits per heavy atom. The fraction of sp³-hybridized carbons (Fsp3) is 0.333. The van der Waals surface area contributed by atoms with Gasteiger partial charge >= 0.3 is 0 Å². The normalized spacial score (nSPS) is 10.7. The van der Waals surface area contributed by atoms with Gasteiger partial charge in [0.05, 0.1) is 13.0 Å². The Kier molecular flexibility index (Phi) is 6.92. The first-order valence-electron chi connectivity index (χ1n) is 8.71. The van der Waals surface area contributed by atoms with Crippen LogP contribution in [-0.2, 0) is 9.53 Å². The van der Waals surface area contributed by atoms with Crippen LogP contribution in [0.3, 0.4) is 0 Å². The van der Waals surface area contributed by atoms with Crippen molar-refractivity contribution < 1.29 is 14.3 Å². The highest BCUT2D eigenvalue weighted by molar-refractivity contribution is 6.05. The molecule has 2 rings (SSSR count). The van der Waals surface area contributed by atoms with Crippen molar-refractivity contribution in [2.45, 2.75) is 33.1 Å². The number of hydrogen-bond acceptors (Lipinski definition) is 3. The van der Waals surface area contributed by atoms with E-state index in [9.17, 15) is 9.59 Å². The molecular formula is C21H26N2O3. The Balaban J connectivity index is 2.08. The number of ether oxygens (including phenoxy) is 1. The monoisotopic (exact) mass is 354 g/mol. The lowest BCUT2D eigenvalue weighted by Crippen LogP contribution is -2.16. The zero-order chi connectivity index (χ0) is 19.1. The van der Waals surface area contributed by atoms with Crippen LogP contribution in [0.25, 0.3) is 0 Å².